The molecule has 1 aliphatic rings. The molecule has 1 aliphatic heterocycles. The molecule has 0 aromatic rings. The Labute approximate surface area is 37.6 Å². The maximum absolute atomic E-state index is 4.95. The Bertz CT molecular complexity index is 68.3. The van der Waals surface area contributed by atoms with E-state index in [0.717, 1.165) is 0 Å². The summed E-state index contributed by atoms with van der Waals surface area (Å²) in [5.74, 6) is 0. The van der Waals surface area contributed by atoms with E-state index >= 15 is 0 Å². The van der Waals surface area contributed by atoms with Crippen molar-refractivity contribution >= 4 is 0 Å². The highest BCUT2D eigenvalue weighted by Gasteiger charge is 2.30. The zero-order valence-electron chi connectivity index (χ0n) is 3.85. The topological polar surface area (TPSA) is 12.5 Å². The van der Waals surface area contributed by atoms with Gasteiger partial charge in [0, 0.05) is 0 Å². The smallest absolute Gasteiger partial charge is 0.102 e. The quantitative estimate of drug-likeness (QED) is 0.340. The zero-order chi connectivity index (χ0) is 4.57. The molecule has 0 spiro atoms. The molecule has 0 amide bonds. The summed E-state index contributed by atoms with van der Waals surface area (Å²) in [5, 5.41) is 0. The predicted molar refractivity (Wildman–Crippen MR) is 24.5 cm³/mol. The molecule has 0 radical (unpaired) electrons. The number of rotatable bonds is 1. The molecule has 1 saturated heterocycles. The van der Waals surface area contributed by atoms with Crippen molar-refractivity contribution in [3.63, 3.8) is 0 Å². The van der Waals surface area contributed by atoms with Gasteiger partial charge in [0.15, 0.2) is 0 Å². The first kappa shape index (κ1) is 3.88. The zero-order valence-corrected chi connectivity index (χ0v) is 3.85. The second-order valence-electron chi connectivity index (χ2n) is 1.54. The lowest BCUT2D eigenvalue weighted by Gasteiger charge is -1.63. The van der Waals surface area contributed by atoms with E-state index in [9.17, 15) is 0 Å². The van der Waals surface area contributed by atoms with Gasteiger partial charge in [-0.2, -0.15) is 0 Å². The Morgan fingerprint density at radius 2 is 2.33 bits per heavy atom. The van der Waals surface area contributed by atoms with Crippen molar-refractivity contribution in [1.29, 1.82) is 0 Å². The molecular formula is C5H8O. The highest BCUT2D eigenvalue weighted by atomic mass is 16.6. The van der Waals surface area contributed by atoms with Crippen LogP contribution in [0.3, 0.4) is 0 Å². The highest BCUT2D eigenvalue weighted by molar-refractivity contribution is 4.95. The average molecular weight is 84.1 g/mol. The SMILES string of the molecule is C=C[C@@H]1O[C@@H]1C. The van der Waals surface area contributed by atoms with E-state index < -0.39 is 0 Å². The van der Waals surface area contributed by atoms with Crippen LogP contribution in [0, 0.1) is 0 Å². The van der Waals surface area contributed by atoms with Gasteiger partial charge < -0.3 is 4.74 Å². The van der Waals surface area contributed by atoms with Gasteiger partial charge in [0.2, 0.25) is 0 Å². The standard InChI is InChI=1S/C5H8O/c1-3-5-4(2)6-5/h3-5H,1H2,2H3/t4-,5+/m1/s1. The molecule has 0 bridgehead atoms. The van der Waals surface area contributed by atoms with Crippen LogP contribution in [-0.4, -0.2) is 12.2 Å². The summed E-state index contributed by atoms with van der Waals surface area (Å²) in [6.07, 6.45) is 2.64. The van der Waals surface area contributed by atoms with Crippen molar-refractivity contribution in [1.82, 2.24) is 0 Å². The van der Waals surface area contributed by atoms with E-state index in [0.29, 0.717) is 12.2 Å². The Balaban J connectivity index is 2.25. The van der Waals surface area contributed by atoms with Crippen LogP contribution >= 0.6 is 0 Å². The molecule has 0 aromatic heterocycles. The molecule has 0 unspecified atom stereocenters. The first-order valence-corrected chi connectivity index (χ1v) is 2.12. The molecular weight excluding hydrogens is 76.1 g/mol. The number of ether oxygens (including phenoxy) is 1. The van der Waals surface area contributed by atoms with Gasteiger partial charge in [0.25, 0.3) is 0 Å². The average Bonchev–Trinajstić information content (AvgIpc) is 2.19. The lowest BCUT2D eigenvalue weighted by atomic mass is 10.3. The lowest BCUT2D eigenvalue weighted by Crippen LogP contribution is -1.77. The Morgan fingerprint density at radius 1 is 1.83 bits per heavy atom. The third-order valence-electron chi connectivity index (χ3n) is 0.990. The fraction of sp³-hybridized carbons (Fsp3) is 0.600. The third kappa shape index (κ3) is 0.455. The van der Waals surface area contributed by atoms with Crippen molar-refractivity contribution in [2.24, 2.45) is 0 Å². The summed E-state index contributed by atoms with van der Waals surface area (Å²) in [6.45, 7) is 5.58. The summed E-state index contributed by atoms with van der Waals surface area (Å²) in [4.78, 5) is 0. The molecule has 1 fully saturated rings. The molecule has 1 heteroatoms. The van der Waals surface area contributed by atoms with E-state index in [1.54, 1.807) is 0 Å². The van der Waals surface area contributed by atoms with Crippen LogP contribution in [0.25, 0.3) is 0 Å². The molecule has 0 aliphatic carbocycles. The fourth-order valence-corrected chi connectivity index (χ4v) is 0.450. The number of hydrogen-bond donors (Lipinski definition) is 0. The van der Waals surface area contributed by atoms with Gasteiger partial charge >= 0.3 is 0 Å². The van der Waals surface area contributed by atoms with Gasteiger partial charge in [0.1, 0.15) is 6.10 Å². The molecule has 0 aromatic carbocycles. The summed E-state index contributed by atoms with van der Waals surface area (Å²) in [7, 11) is 0. The molecule has 6 heavy (non-hydrogen) atoms. The van der Waals surface area contributed by atoms with Gasteiger partial charge in [0.05, 0.1) is 6.10 Å². The van der Waals surface area contributed by atoms with Gasteiger partial charge in [-0.1, -0.05) is 6.08 Å². The van der Waals surface area contributed by atoms with Gasteiger partial charge in [-0.3, -0.25) is 0 Å². The van der Waals surface area contributed by atoms with Crippen molar-refractivity contribution < 1.29 is 4.74 Å². The van der Waals surface area contributed by atoms with Gasteiger partial charge in [-0.25, -0.2) is 0 Å². The summed E-state index contributed by atoms with van der Waals surface area (Å²) in [6, 6.07) is 0. The fourth-order valence-electron chi connectivity index (χ4n) is 0.450. The molecule has 34 valence electrons. The molecule has 0 saturated carbocycles. The van der Waals surface area contributed by atoms with Crippen molar-refractivity contribution in [3.8, 4) is 0 Å². The monoisotopic (exact) mass is 84.1 g/mol. The van der Waals surface area contributed by atoms with Crippen LogP contribution in [0.1, 0.15) is 6.92 Å². The van der Waals surface area contributed by atoms with E-state index in [-0.39, 0.29) is 0 Å². The highest BCUT2D eigenvalue weighted by Crippen LogP contribution is 2.20. The van der Waals surface area contributed by atoms with E-state index in [1.807, 2.05) is 13.0 Å². The normalized spacial score (nSPS) is 42.2. The Morgan fingerprint density at radius 3 is 2.33 bits per heavy atom. The second kappa shape index (κ2) is 1.09. The maximum atomic E-state index is 4.95. The largest absolute Gasteiger partial charge is 0.365 e. The van der Waals surface area contributed by atoms with Crippen molar-refractivity contribution in [2.75, 3.05) is 0 Å². The molecule has 1 rings (SSSR count). The van der Waals surface area contributed by atoms with Gasteiger partial charge in [-0.05, 0) is 6.92 Å². The summed E-state index contributed by atoms with van der Waals surface area (Å²) in [5.41, 5.74) is 0. The minimum absolute atomic E-state index is 0.366. The number of epoxide rings is 1. The lowest BCUT2D eigenvalue weighted by molar-refractivity contribution is 0.400. The van der Waals surface area contributed by atoms with Crippen molar-refractivity contribution in [3.05, 3.63) is 12.7 Å². The molecule has 0 N–H and O–H groups in total. The predicted octanol–water partition coefficient (Wildman–Crippen LogP) is 0.960. The van der Waals surface area contributed by atoms with E-state index in [2.05, 4.69) is 6.58 Å². The van der Waals surface area contributed by atoms with Crippen molar-refractivity contribution in [2.45, 2.75) is 19.1 Å². The summed E-state index contributed by atoms with van der Waals surface area (Å²) < 4.78 is 4.95. The van der Waals surface area contributed by atoms with E-state index in [1.165, 1.54) is 0 Å². The second-order valence-corrected chi connectivity index (χ2v) is 1.54. The number of hydrogen-bond acceptors (Lipinski definition) is 1. The molecule has 2 atom stereocenters. The molecule has 1 nitrogen and oxygen atoms in total. The van der Waals surface area contributed by atoms with Crippen LogP contribution in [0.15, 0.2) is 12.7 Å². The Kier molecular flexibility index (Phi) is 0.701. The first-order valence-electron chi connectivity index (χ1n) is 2.12. The van der Waals surface area contributed by atoms with Crippen LogP contribution in [-0.2, 0) is 4.74 Å². The third-order valence-corrected chi connectivity index (χ3v) is 0.990. The first-order chi connectivity index (χ1) is 2.84. The van der Waals surface area contributed by atoms with Crippen LogP contribution in [0.2, 0.25) is 0 Å². The van der Waals surface area contributed by atoms with Crippen LogP contribution in [0.4, 0.5) is 0 Å². The molecule has 1 heterocycles. The minimum Gasteiger partial charge on any atom is -0.365 e. The maximum Gasteiger partial charge on any atom is 0.102 e. The summed E-state index contributed by atoms with van der Waals surface area (Å²) >= 11 is 0. The van der Waals surface area contributed by atoms with Crippen LogP contribution < -0.4 is 0 Å². The minimum atomic E-state index is 0.366. The van der Waals surface area contributed by atoms with Crippen LogP contribution in [0.5, 0.6) is 0 Å². The van der Waals surface area contributed by atoms with E-state index in [4.69, 9.17) is 4.74 Å². The van der Waals surface area contributed by atoms with Gasteiger partial charge in [-0.15, -0.1) is 6.58 Å². The Hall–Kier alpha value is -0.300.